The van der Waals surface area contributed by atoms with Gasteiger partial charge in [0.25, 0.3) is 5.91 Å². The third kappa shape index (κ3) is 5.33. The number of carbonyl (C=O) groups is 1. The van der Waals surface area contributed by atoms with E-state index in [2.05, 4.69) is 15.2 Å². The average Bonchev–Trinajstić information content (AvgIpc) is 2.77. The summed E-state index contributed by atoms with van der Waals surface area (Å²) in [6.07, 6.45) is 1.66. The fourth-order valence-corrected chi connectivity index (χ4v) is 3.16. The van der Waals surface area contributed by atoms with Crippen LogP contribution in [0.1, 0.15) is 31.1 Å². The van der Waals surface area contributed by atoms with Crippen molar-refractivity contribution >= 4 is 17.4 Å². The molecule has 1 saturated heterocycles. The van der Waals surface area contributed by atoms with Gasteiger partial charge in [0, 0.05) is 18.7 Å². The molecule has 1 aromatic carbocycles. The van der Waals surface area contributed by atoms with Crippen molar-refractivity contribution in [3.63, 3.8) is 0 Å². The summed E-state index contributed by atoms with van der Waals surface area (Å²) >= 11 is 0. The first-order chi connectivity index (χ1) is 14.7. The fraction of sp³-hybridized carbons (Fsp3) is 0.455. The van der Waals surface area contributed by atoms with E-state index in [-0.39, 0.29) is 5.91 Å². The number of nitrogens with one attached hydrogen (secondary N) is 1. The molecule has 1 aliphatic rings. The van der Waals surface area contributed by atoms with E-state index >= 15 is 0 Å². The zero-order valence-corrected chi connectivity index (χ0v) is 17.8. The minimum atomic E-state index is -0.277. The van der Waals surface area contributed by atoms with Crippen LogP contribution in [-0.2, 0) is 4.74 Å². The second kappa shape index (κ2) is 10.7. The Morgan fingerprint density at radius 1 is 1.03 bits per heavy atom. The largest absolute Gasteiger partial charge is 0.490 e. The van der Waals surface area contributed by atoms with E-state index < -0.39 is 0 Å². The number of amides is 1. The van der Waals surface area contributed by atoms with Crippen molar-refractivity contribution in [3.05, 3.63) is 36.0 Å². The zero-order valence-electron chi connectivity index (χ0n) is 17.8. The highest BCUT2D eigenvalue weighted by Crippen LogP contribution is 2.39. The summed E-state index contributed by atoms with van der Waals surface area (Å²) in [5.74, 6) is 2.07. The molecule has 3 rings (SSSR count). The number of benzene rings is 1. The number of hydrogen-bond donors (Lipinski definition) is 1. The highest BCUT2D eigenvalue weighted by atomic mass is 16.5. The highest BCUT2D eigenvalue weighted by Gasteiger charge is 2.19. The molecule has 1 fully saturated rings. The molecular weight excluding hydrogens is 386 g/mol. The number of pyridine rings is 1. The summed E-state index contributed by atoms with van der Waals surface area (Å²) in [5.41, 5.74) is 1.03. The van der Waals surface area contributed by atoms with Gasteiger partial charge in [-0.2, -0.15) is 0 Å². The number of carbonyl (C=O) groups excluding carboxylic acids is 1. The Kier molecular flexibility index (Phi) is 7.73. The van der Waals surface area contributed by atoms with E-state index in [0.717, 1.165) is 18.9 Å². The maximum atomic E-state index is 12.9. The van der Waals surface area contributed by atoms with E-state index in [1.165, 1.54) is 0 Å². The maximum absolute atomic E-state index is 12.9. The topological polar surface area (TPSA) is 82.2 Å². The summed E-state index contributed by atoms with van der Waals surface area (Å²) in [7, 11) is 0. The van der Waals surface area contributed by atoms with Crippen LogP contribution in [0.4, 0.5) is 11.5 Å². The molecule has 0 atom stereocenters. The van der Waals surface area contributed by atoms with E-state index in [9.17, 15) is 4.79 Å². The van der Waals surface area contributed by atoms with Crippen LogP contribution >= 0.6 is 0 Å². The summed E-state index contributed by atoms with van der Waals surface area (Å²) < 4.78 is 22.4. The Morgan fingerprint density at radius 3 is 2.20 bits per heavy atom. The van der Waals surface area contributed by atoms with Gasteiger partial charge in [0.05, 0.1) is 44.9 Å². The molecule has 2 aromatic rings. The molecule has 2 heterocycles. The number of rotatable bonds is 9. The number of morpholine rings is 1. The summed E-state index contributed by atoms with van der Waals surface area (Å²) in [4.78, 5) is 19.5. The second-order valence-electron chi connectivity index (χ2n) is 6.56. The normalized spacial score (nSPS) is 13.6. The Labute approximate surface area is 177 Å². The van der Waals surface area contributed by atoms with E-state index in [1.54, 1.807) is 18.3 Å². The monoisotopic (exact) mass is 415 g/mol. The van der Waals surface area contributed by atoms with Crippen LogP contribution in [0.2, 0.25) is 0 Å². The molecular formula is C22H29N3O5. The van der Waals surface area contributed by atoms with Gasteiger partial charge in [-0.15, -0.1) is 0 Å². The van der Waals surface area contributed by atoms with Gasteiger partial charge < -0.3 is 29.2 Å². The van der Waals surface area contributed by atoms with Crippen molar-refractivity contribution in [2.75, 3.05) is 56.3 Å². The van der Waals surface area contributed by atoms with Crippen molar-refractivity contribution in [1.29, 1.82) is 0 Å². The number of anilines is 2. The highest BCUT2D eigenvalue weighted by molar-refractivity contribution is 6.05. The van der Waals surface area contributed by atoms with Gasteiger partial charge in [0.2, 0.25) is 5.75 Å². The molecule has 0 spiro atoms. The van der Waals surface area contributed by atoms with Gasteiger partial charge in [-0.25, -0.2) is 4.98 Å². The third-order valence-electron chi connectivity index (χ3n) is 4.51. The summed E-state index contributed by atoms with van der Waals surface area (Å²) in [6.45, 7) is 10.0. The predicted molar refractivity (Wildman–Crippen MR) is 115 cm³/mol. The van der Waals surface area contributed by atoms with Crippen LogP contribution in [0.25, 0.3) is 0 Å². The lowest BCUT2D eigenvalue weighted by Crippen LogP contribution is -2.36. The molecule has 0 radical (unpaired) electrons. The summed E-state index contributed by atoms with van der Waals surface area (Å²) in [6, 6.07) is 7.08. The van der Waals surface area contributed by atoms with E-state index in [0.29, 0.717) is 61.5 Å². The fourth-order valence-electron chi connectivity index (χ4n) is 3.16. The quantitative estimate of drug-likeness (QED) is 0.672. The van der Waals surface area contributed by atoms with Crippen LogP contribution in [0.15, 0.2) is 30.5 Å². The van der Waals surface area contributed by atoms with Crippen molar-refractivity contribution in [2.24, 2.45) is 0 Å². The number of hydrogen-bond acceptors (Lipinski definition) is 7. The first-order valence-electron chi connectivity index (χ1n) is 10.3. The Morgan fingerprint density at radius 2 is 1.67 bits per heavy atom. The molecule has 30 heavy (non-hydrogen) atoms. The minimum absolute atomic E-state index is 0.277. The molecule has 1 aliphatic heterocycles. The van der Waals surface area contributed by atoms with Crippen molar-refractivity contribution in [1.82, 2.24) is 4.98 Å². The van der Waals surface area contributed by atoms with Crippen LogP contribution in [0.5, 0.6) is 17.2 Å². The SMILES string of the molecule is CCOc1cc(C(=O)Nc2ccc(N3CCOCC3)nc2)cc(OCC)c1OCC. The summed E-state index contributed by atoms with van der Waals surface area (Å²) in [5, 5.41) is 2.88. The van der Waals surface area contributed by atoms with E-state index in [4.69, 9.17) is 18.9 Å². The van der Waals surface area contributed by atoms with Crippen LogP contribution in [-0.4, -0.2) is 57.0 Å². The maximum Gasteiger partial charge on any atom is 0.255 e. The molecule has 0 saturated carbocycles. The van der Waals surface area contributed by atoms with Crippen molar-refractivity contribution in [3.8, 4) is 17.2 Å². The molecule has 1 N–H and O–H groups in total. The number of nitrogens with zero attached hydrogens (tertiary/aromatic N) is 2. The van der Waals surface area contributed by atoms with Gasteiger partial charge in [-0.1, -0.05) is 0 Å². The lowest BCUT2D eigenvalue weighted by atomic mass is 10.1. The van der Waals surface area contributed by atoms with Gasteiger partial charge in [0.1, 0.15) is 5.82 Å². The Hall–Kier alpha value is -3.00. The van der Waals surface area contributed by atoms with E-state index in [1.807, 2.05) is 32.9 Å². The molecule has 1 amide bonds. The van der Waals surface area contributed by atoms with Gasteiger partial charge in [0.15, 0.2) is 11.5 Å². The minimum Gasteiger partial charge on any atom is -0.490 e. The first kappa shape index (κ1) is 21.7. The lowest BCUT2D eigenvalue weighted by Gasteiger charge is -2.27. The van der Waals surface area contributed by atoms with Gasteiger partial charge >= 0.3 is 0 Å². The smallest absolute Gasteiger partial charge is 0.255 e. The van der Waals surface area contributed by atoms with Crippen LogP contribution in [0, 0.1) is 0 Å². The second-order valence-corrected chi connectivity index (χ2v) is 6.56. The predicted octanol–water partition coefficient (Wildman–Crippen LogP) is 3.37. The van der Waals surface area contributed by atoms with Gasteiger partial charge in [-0.3, -0.25) is 4.79 Å². The molecule has 0 aliphatic carbocycles. The standard InChI is InChI=1S/C22H29N3O5/c1-4-28-18-13-16(14-19(29-5-2)21(18)30-6-3)22(26)24-17-7-8-20(23-15-17)25-9-11-27-12-10-25/h7-8,13-15H,4-6,9-12H2,1-3H3,(H,24,26). The Balaban J connectivity index is 1.78. The zero-order chi connectivity index (χ0) is 21.3. The van der Waals surface area contributed by atoms with Crippen molar-refractivity contribution in [2.45, 2.75) is 20.8 Å². The Bertz CT molecular complexity index is 808. The molecule has 162 valence electrons. The number of ether oxygens (including phenoxy) is 4. The molecule has 1 aromatic heterocycles. The molecule has 0 bridgehead atoms. The molecule has 0 unspecified atom stereocenters. The van der Waals surface area contributed by atoms with Gasteiger partial charge in [-0.05, 0) is 45.0 Å². The number of aromatic nitrogens is 1. The average molecular weight is 415 g/mol. The third-order valence-corrected chi connectivity index (χ3v) is 4.51. The van der Waals surface area contributed by atoms with Crippen molar-refractivity contribution < 1.29 is 23.7 Å². The molecule has 8 heteroatoms. The molecule has 8 nitrogen and oxygen atoms in total. The van der Waals surface area contributed by atoms with Crippen LogP contribution in [0.3, 0.4) is 0 Å². The van der Waals surface area contributed by atoms with Crippen LogP contribution < -0.4 is 24.4 Å². The first-order valence-corrected chi connectivity index (χ1v) is 10.3. The lowest BCUT2D eigenvalue weighted by molar-refractivity contribution is 0.102.